The largest absolute Gasteiger partial charge is 0.465 e. The van der Waals surface area contributed by atoms with Crippen LogP contribution in [0.5, 0.6) is 0 Å². The molecule has 1 aromatic rings. The Bertz CT molecular complexity index is 353. The number of aryl methyl sites for hydroxylation is 1. The van der Waals surface area contributed by atoms with E-state index in [9.17, 15) is 0 Å². The normalized spacial score (nSPS) is 20.8. The van der Waals surface area contributed by atoms with Crippen molar-refractivity contribution < 1.29 is 4.42 Å². The van der Waals surface area contributed by atoms with Gasteiger partial charge in [-0.3, -0.25) is 4.90 Å². The summed E-state index contributed by atoms with van der Waals surface area (Å²) in [4.78, 5) is 2.50. The summed E-state index contributed by atoms with van der Waals surface area (Å²) in [7, 11) is 0. The van der Waals surface area contributed by atoms with Crippen LogP contribution >= 0.6 is 0 Å². The van der Waals surface area contributed by atoms with Crippen LogP contribution in [0.2, 0.25) is 0 Å². The fourth-order valence-corrected chi connectivity index (χ4v) is 2.59. The van der Waals surface area contributed by atoms with Gasteiger partial charge in [0.05, 0.1) is 6.54 Å². The van der Waals surface area contributed by atoms with Gasteiger partial charge in [-0.15, -0.1) is 0 Å². The van der Waals surface area contributed by atoms with E-state index in [1.165, 1.54) is 25.8 Å². The third-order valence-corrected chi connectivity index (χ3v) is 3.75. The maximum atomic E-state index is 5.69. The number of hydrogen-bond acceptors (Lipinski definition) is 3. The maximum absolute atomic E-state index is 5.69. The topological polar surface area (TPSA) is 28.4 Å². The van der Waals surface area contributed by atoms with E-state index < -0.39 is 0 Å². The molecule has 1 fully saturated rings. The van der Waals surface area contributed by atoms with Crippen LogP contribution in [0.3, 0.4) is 0 Å². The van der Waals surface area contributed by atoms with E-state index in [1.54, 1.807) is 0 Å². The molecule has 2 rings (SSSR count). The van der Waals surface area contributed by atoms with Gasteiger partial charge in [-0.05, 0) is 52.3 Å². The molecule has 3 nitrogen and oxygen atoms in total. The van der Waals surface area contributed by atoms with Gasteiger partial charge in [-0.25, -0.2) is 0 Å². The van der Waals surface area contributed by atoms with Crippen LogP contribution in [0.4, 0.5) is 0 Å². The van der Waals surface area contributed by atoms with E-state index in [0.29, 0.717) is 12.1 Å². The second-order valence-electron chi connectivity index (χ2n) is 5.68. The Balaban J connectivity index is 1.90. The highest BCUT2D eigenvalue weighted by atomic mass is 16.3. The second kappa shape index (κ2) is 6.39. The van der Waals surface area contributed by atoms with Crippen LogP contribution in [-0.2, 0) is 6.54 Å². The number of nitrogens with one attached hydrogen (secondary N) is 1. The van der Waals surface area contributed by atoms with Crippen LogP contribution < -0.4 is 5.32 Å². The highest BCUT2D eigenvalue weighted by molar-refractivity contribution is 5.05. The molecule has 1 saturated heterocycles. The van der Waals surface area contributed by atoms with Crippen molar-refractivity contribution in [3.63, 3.8) is 0 Å². The zero-order valence-corrected chi connectivity index (χ0v) is 11.9. The number of hydrogen-bond donors (Lipinski definition) is 1. The maximum Gasteiger partial charge on any atom is 0.118 e. The lowest BCUT2D eigenvalue weighted by atomic mass is 10.0. The number of furan rings is 1. The van der Waals surface area contributed by atoms with Gasteiger partial charge in [-0.1, -0.05) is 6.42 Å². The average molecular weight is 250 g/mol. The quantitative estimate of drug-likeness (QED) is 0.871. The predicted octanol–water partition coefficient (Wildman–Crippen LogP) is 2.94. The summed E-state index contributed by atoms with van der Waals surface area (Å²) in [5.41, 5.74) is 0. The van der Waals surface area contributed by atoms with E-state index in [0.717, 1.165) is 24.6 Å². The van der Waals surface area contributed by atoms with E-state index >= 15 is 0 Å². The molecule has 1 aliphatic heterocycles. The smallest absolute Gasteiger partial charge is 0.118 e. The standard InChI is InChI=1S/C15H26N2O/c1-12(2)17(10-14-6-4-5-9-16-14)11-15-8-7-13(3)18-15/h7-8,12,14,16H,4-6,9-11H2,1-3H3. The Labute approximate surface area is 111 Å². The van der Waals surface area contributed by atoms with Crippen LogP contribution in [0.25, 0.3) is 0 Å². The molecule has 1 aromatic heterocycles. The van der Waals surface area contributed by atoms with Gasteiger partial charge in [0.25, 0.3) is 0 Å². The molecule has 3 heteroatoms. The molecule has 0 spiro atoms. The molecule has 0 bridgehead atoms. The first-order valence-corrected chi connectivity index (χ1v) is 7.18. The fraction of sp³-hybridized carbons (Fsp3) is 0.733. The van der Waals surface area contributed by atoms with Gasteiger partial charge in [0.15, 0.2) is 0 Å². The van der Waals surface area contributed by atoms with Crippen molar-refractivity contribution in [2.75, 3.05) is 13.1 Å². The van der Waals surface area contributed by atoms with E-state index in [1.807, 2.05) is 13.0 Å². The Morgan fingerprint density at radius 2 is 2.22 bits per heavy atom. The Morgan fingerprint density at radius 3 is 2.78 bits per heavy atom. The molecular weight excluding hydrogens is 224 g/mol. The van der Waals surface area contributed by atoms with Crippen LogP contribution in [0, 0.1) is 6.92 Å². The molecule has 0 saturated carbocycles. The van der Waals surface area contributed by atoms with Crippen molar-refractivity contribution in [1.82, 2.24) is 10.2 Å². The van der Waals surface area contributed by atoms with E-state index in [-0.39, 0.29) is 0 Å². The zero-order valence-electron chi connectivity index (χ0n) is 11.9. The van der Waals surface area contributed by atoms with Crippen molar-refractivity contribution in [3.05, 3.63) is 23.7 Å². The first kappa shape index (κ1) is 13.6. The van der Waals surface area contributed by atoms with Gasteiger partial charge in [0.2, 0.25) is 0 Å². The third kappa shape index (κ3) is 3.85. The minimum atomic E-state index is 0.555. The van der Waals surface area contributed by atoms with Gasteiger partial charge < -0.3 is 9.73 Å². The van der Waals surface area contributed by atoms with Crippen LogP contribution in [-0.4, -0.2) is 30.1 Å². The van der Waals surface area contributed by atoms with Crippen LogP contribution in [0.15, 0.2) is 16.5 Å². The van der Waals surface area contributed by atoms with Gasteiger partial charge in [-0.2, -0.15) is 0 Å². The molecule has 0 amide bonds. The molecule has 0 radical (unpaired) electrons. The molecule has 1 aliphatic rings. The monoisotopic (exact) mass is 250 g/mol. The van der Waals surface area contributed by atoms with Gasteiger partial charge >= 0.3 is 0 Å². The summed E-state index contributed by atoms with van der Waals surface area (Å²) >= 11 is 0. The highest BCUT2D eigenvalue weighted by Crippen LogP contribution is 2.15. The zero-order chi connectivity index (χ0) is 13.0. The number of nitrogens with zero attached hydrogens (tertiary/aromatic N) is 1. The lowest BCUT2D eigenvalue weighted by Gasteiger charge is -2.32. The summed E-state index contributed by atoms with van der Waals surface area (Å²) in [6, 6.07) is 5.35. The fourth-order valence-electron chi connectivity index (χ4n) is 2.59. The summed E-state index contributed by atoms with van der Waals surface area (Å²) in [6.45, 7) is 9.75. The first-order chi connectivity index (χ1) is 8.65. The Morgan fingerprint density at radius 1 is 1.39 bits per heavy atom. The summed E-state index contributed by atoms with van der Waals surface area (Å²) in [6.07, 6.45) is 4.00. The molecule has 1 atom stereocenters. The molecular formula is C15H26N2O. The summed E-state index contributed by atoms with van der Waals surface area (Å²) in [5, 5.41) is 3.62. The van der Waals surface area contributed by atoms with Crippen LogP contribution in [0.1, 0.15) is 44.6 Å². The molecule has 102 valence electrons. The Kier molecular flexibility index (Phi) is 4.84. The molecule has 0 aliphatic carbocycles. The summed E-state index contributed by atoms with van der Waals surface area (Å²) < 4.78 is 5.69. The number of piperidine rings is 1. The van der Waals surface area contributed by atoms with Crippen molar-refractivity contribution in [2.45, 2.75) is 58.7 Å². The van der Waals surface area contributed by atoms with E-state index in [2.05, 4.69) is 30.1 Å². The first-order valence-electron chi connectivity index (χ1n) is 7.18. The predicted molar refractivity (Wildman–Crippen MR) is 74.6 cm³/mol. The van der Waals surface area contributed by atoms with Crippen molar-refractivity contribution in [1.29, 1.82) is 0 Å². The van der Waals surface area contributed by atoms with E-state index in [4.69, 9.17) is 4.42 Å². The molecule has 1 unspecified atom stereocenters. The second-order valence-corrected chi connectivity index (χ2v) is 5.68. The highest BCUT2D eigenvalue weighted by Gasteiger charge is 2.19. The molecule has 2 heterocycles. The minimum absolute atomic E-state index is 0.555. The molecule has 1 N–H and O–H groups in total. The molecule has 0 aromatic carbocycles. The lowest BCUT2D eigenvalue weighted by molar-refractivity contribution is 0.165. The summed E-state index contributed by atoms with van der Waals surface area (Å²) in [5.74, 6) is 2.08. The van der Waals surface area contributed by atoms with Crippen molar-refractivity contribution in [3.8, 4) is 0 Å². The van der Waals surface area contributed by atoms with Gasteiger partial charge in [0, 0.05) is 18.6 Å². The molecule has 18 heavy (non-hydrogen) atoms. The average Bonchev–Trinajstić information content (AvgIpc) is 2.75. The Hall–Kier alpha value is -0.800. The van der Waals surface area contributed by atoms with Crippen molar-refractivity contribution >= 4 is 0 Å². The lowest BCUT2D eigenvalue weighted by Crippen LogP contribution is -2.45. The minimum Gasteiger partial charge on any atom is -0.465 e. The van der Waals surface area contributed by atoms with Gasteiger partial charge in [0.1, 0.15) is 11.5 Å². The SMILES string of the molecule is Cc1ccc(CN(CC2CCCCN2)C(C)C)o1. The number of rotatable bonds is 5. The third-order valence-electron chi connectivity index (χ3n) is 3.75. The van der Waals surface area contributed by atoms with Crippen molar-refractivity contribution in [2.24, 2.45) is 0 Å².